The highest BCUT2D eigenvalue weighted by Crippen LogP contribution is 2.33. The summed E-state index contributed by atoms with van der Waals surface area (Å²) in [6.45, 7) is 1.92. The summed E-state index contributed by atoms with van der Waals surface area (Å²) < 4.78 is 41.0. The van der Waals surface area contributed by atoms with Crippen molar-refractivity contribution in [1.29, 1.82) is 0 Å². The molecule has 0 saturated carbocycles. The van der Waals surface area contributed by atoms with Crippen LogP contribution in [-0.4, -0.2) is 28.3 Å². The number of alkyl halides is 3. The lowest BCUT2D eigenvalue weighted by Gasteiger charge is -2.13. The largest absolute Gasteiger partial charge is 0.434 e. The first-order valence-electron chi connectivity index (χ1n) is 7.15. The summed E-state index contributed by atoms with van der Waals surface area (Å²) in [5, 5.41) is 6.52. The molecule has 2 rings (SSSR count). The van der Waals surface area contributed by atoms with E-state index in [4.69, 9.17) is 17.3 Å². The number of nitrogens with one attached hydrogen (secondary N) is 1. The van der Waals surface area contributed by atoms with Crippen molar-refractivity contribution in [3.8, 4) is 5.69 Å². The van der Waals surface area contributed by atoms with Gasteiger partial charge in [0.1, 0.15) is 0 Å². The minimum Gasteiger partial charge on any atom is -0.352 e. The third-order valence-corrected chi connectivity index (χ3v) is 3.49. The highest BCUT2D eigenvalue weighted by atomic mass is 35.5. The Kier molecular flexibility index (Phi) is 7.28. The third kappa shape index (κ3) is 5.35. The molecule has 0 fully saturated rings. The van der Waals surface area contributed by atoms with E-state index in [1.807, 2.05) is 0 Å². The van der Waals surface area contributed by atoms with Crippen LogP contribution in [0.5, 0.6) is 0 Å². The van der Waals surface area contributed by atoms with Gasteiger partial charge in [-0.2, -0.15) is 18.3 Å². The average molecular weight is 397 g/mol. The molecule has 0 aliphatic rings. The molecular weight excluding hydrogens is 380 g/mol. The molecule has 0 aliphatic carbocycles. The average Bonchev–Trinajstić information content (AvgIpc) is 2.92. The Balaban J connectivity index is 0.00000312. The van der Waals surface area contributed by atoms with Crippen molar-refractivity contribution in [3.63, 3.8) is 0 Å². The van der Waals surface area contributed by atoms with Crippen LogP contribution >= 0.6 is 24.0 Å². The van der Waals surface area contributed by atoms with E-state index in [9.17, 15) is 18.0 Å². The number of rotatable bonds is 5. The molecular formula is C15H17Cl2F3N4O. The Morgan fingerprint density at radius 3 is 2.48 bits per heavy atom. The van der Waals surface area contributed by atoms with E-state index in [-0.39, 0.29) is 30.7 Å². The molecule has 10 heteroatoms. The zero-order chi connectivity index (χ0) is 17.9. The number of carbonyl (C=O) groups excluding carboxylic acids is 1. The van der Waals surface area contributed by atoms with Gasteiger partial charge in [-0.25, -0.2) is 4.68 Å². The molecule has 1 unspecified atom stereocenters. The molecule has 1 heterocycles. The number of aromatic nitrogens is 2. The maximum absolute atomic E-state index is 13.4. The molecule has 0 saturated heterocycles. The molecule has 3 N–H and O–H groups in total. The fourth-order valence-electron chi connectivity index (χ4n) is 2.07. The molecule has 2 aromatic rings. The number of amides is 1. The zero-order valence-electron chi connectivity index (χ0n) is 13.2. The number of nitrogens with two attached hydrogens (primary N) is 1. The quantitative estimate of drug-likeness (QED) is 0.812. The Morgan fingerprint density at radius 1 is 1.36 bits per heavy atom. The molecule has 1 aromatic heterocycles. The SMILES string of the molecule is CC(N)CCNC(=O)c1cnn(-c2ccc(Cl)cc2)c1C(F)(F)F.Cl. The normalized spacial score (nSPS) is 12.4. The van der Waals surface area contributed by atoms with Gasteiger partial charge in [-0.1, -0.05) is 11.6 Å². The van der Waals surface area contributed by atoms with Crippen molar-refractivity contribution >= 4 is 29.9 Å². The lowest BCUT2D eigenvalue weighted by atomic mass is 10.2. The van der Waals surface area contributed by atoms with E-state index in [0.29, 0.717) is 16.1 Å². The van der Waals surface area contributed by atoms with Gasteiger partial charge in [0.05, 0.1) is 17.4 Å². The van der Waals surface area contributed by atoms with Gasteiger partial charge >= 0.3 is 6.18 Å². The van der Waals surface area contributed by atoms with E-state index in [2.05, 4.69) is 10.4 Å². The van der Waals surface area contributed by atoms with Crippen molar-refractivity contribution < 1.29 is 18.0 Å². The maximum atomic E-state index is 13.4. The Bertz CT molecular complexity index is 715. The molecule has 0 bridgehead atoms. The van der Waals surface area contributed by atoms with Gasteiger partial charge in [0, 0.05) is 17.6 Å². The van der Waals surface area contributed by atoms with Gasteiger partial charge in [-0.05, 0) is 37.6 Å². The topological polar surface area (TPSA) is 72.9 Å². The lowest BCUT2D eigenvalue weighted by molar-refractivity contribution is -0.143. The maximum Gasteiger partial charge on any atom is 0.434 e. The minimum absolute atomic E-state index is 0. The lowest BCUT2D eigenvalue weighted by Crippen LogP contribution is -2.30. The summed E-state index contributed by atoms with van der Waals surface area (Å²) in [7, 11) is 0. The summed E-state index contributed by atoms with van der Waals surface area (Å²) in [5.41, 5.74) is 4.03. The summed E-state index contributed by atoms with van der Waals surface area (Å²) >= 11 is 5.74. The number of carbonyl (C=O) groups is 1. The van der Waals surface area contributed by atoms with Gasteiger partial charge in [-0.15, -0.1) is 12.4 Å². The van der Waals surface area contributed by atoms with Crippen LogP contribution < -0.4 is 11.1 Å². The van der Waals surface area contributed by atoms with Gasteiger partial charge in [-0.3, -0.25) is 4.79 Å². The first-order valence-corrected chi connectivity index (χ1v) is 7.53. The molecule has 0 spiro atoms. The molecule has 0 aliphatic heterocycles. The number of nitrogens with zero attached hydrogens (tertiary/aromatic N) is 2. The van der Waals surface area contributed by atoms with Crippen molar-refractivity contribution in [1.82, 2.24) is 15.1 Å². The van der Waals surface area contributed by atoms with Crippen LogP contribution in [0, 0.1) is 0 Å². The van der Waals surface area contributed by atoms with Crippen molar-refractivity contribution in [2.45, 2.75) is 25.6 Å². The fourth-order valence-corrected chi connectivity index (χ4v) is 2.20. The van der Waals surface area contributed by atoms with Gasteiger partial charge < -0.3 is 11.1 Å². The van der Waals surface area contributed by atoms with E-state index >= 15 is 0 Å². The van der Waals surface area contributed by atoms with Crippen LogP contribution in [-0.2, 0) is 6.18 Å². The highest BCUT2D eigenvalue weighted by Gasteiger charge is 2.40. The number of hydrogen-bond donors (Lipinski definition) is 2. The molecule has 5 nitrogen and oxygen atoms in total. The first-order chi connectivity index (χ1) is 11.2. The summed E-state index contributed by atoms with van der Waals surface area (Å²) in [6, 6.07) is 5.51. The minimum atomic E-state index is -4.75. The van der Waals surface area contributed by atoms with E-state index in [1.54, 1.807) is 6.92 Å². The Hall–Kier alpha value is -1.77. The van der Waals surface area contributed by atoms with Crippen LogP contribution in [0.2, 0.25) is 5.02 Å². The third-order valence-electron chi connectivity index (χ3n) is 3.24. The Labute approximate surface area is 153 Å². The van der Waals surface area contributed by atoms with E-state index in [1.165, 1.54) is 24.3 Å². The number of benzene rings is 1. The number of halogens is 5. The molecule has 1 amide bonds. The first kappa shape index (κ1) is 21.3. The number of hydrogen-bond acceptors (Lipinski definition) is 3. The molecule has 25 heavy (non-hydrogen) atoms. The zero-order valence-corrected chi connectivity index (χ0v) is 14.8. The van der Waals surface area contributed by atoms with Gasteiger partial charge in [0.25, 0.3) is 5.91 Å². The highest BCUT2D eigenvalue weighted by molar-refractivity contribution is 6.30. The molecule has 0 radical (unpaired) electrons. The van der Waals surface area contributed by atoms with Crippen LogP contribution in [0.3, 0.4) is 0 Å². The van der Waals surface area contributed by atoms with Crippen LogP contribution in [0.15, 0.2) is 30.5 Å². The van der Waals surface area contributed by atoms with Crippen LogP contribution in [0.4, 0.5) is 13.2 Å². The molecule has 138 valence electrons. The van der Waals surface area contributed by atoms with Crippen molar-refractivity contribution in [2.75, 3.05) is 6.54 Å². The summed E-state index contributed by atoms with van der Waals surface area (Å²) in [6.07, 6.45) is -3.39. The standard InChI is InChI=1S/C15H16ClF3N4O.ClH/c1-9(20)6-7-21-14(24)12-8-22-23(13(12)15(17,18)19)11-4-2-10(16)3-5-11;/h2-5,8-9H,6-7,20H2,1H3,(H,21,24);1H. The predicted octanol–water partition coefficient (Wildman–Crippen LogP) is 3.43. The smallest absolute Gasteiger partial charge is 0.352 e. The van der Waals surface area contributed by atoms with Crippen molar-refractivity contribution in [3.05, 3.63) is 46.7 Å². The molecule has 1 aromatic carbocycles. The summed E-state index contributed by atoms with van der Waals surface area (Å²) in [5.74, 6) is -0.844. The van der Waals surface area contributed by atoms with E-state index < -0.39 is 23.3 Å². The summed E-state index contributed by atoms with van der Waals surface area (Å²) in [4.78, 5) is 12.1. The second-order valence-electron chi connectivity index (χ2n) is 5.31. The van der Waals surface area contributed by atoms with Crippen LogP contribution in [0.25, 0.3) is 5.69 Å². The monoisotopic (exact) mass is 396 g/mol. The predicted molar refractivity (Wildman–Crippen MR) is 91.4 cm³/mol. The van der Waals surface area contributed by atoms with Crippen molar-refractivity contribution in [2.24, 2.45) is 5.73 Å². The Morgan fingerprint density at radius 2 is 1.96 bits per heavy atom. The van der Waals surface area contributed by atoms with Gasteiger partial charge in [0.2, 0.25) is 0 Å². The van der Waals surface area contributed by atoms with E-state index in [0.717, 1.165) is 6.20 Å². The molecule has 1 atom stereocenters. The second-order valence-corrected chi connectivity index (χ2v) is 5.75. The van der Waals surface area contributed by atoms with Crippen LogP contribution in [0.1, 0.15) is 29.4 Å². The van der Waals surface area contributed by atoms with Gasteiger partial charge in [0.15, 0.2) is 5.69 Å². The fraction of sp³-hybridized carbons (Fsp3) is 0.333. The second kappa shape index (κ2) is 8.55.